The summed E-state index contributed by atoms with van der Waals surface area (Å²) in [5.41, 5.74) is 2.05. The van der Waals surface area contributed by atoms with E-state index in [4.69, 9.17) is 9.15 Å². The third-order valence-corrected chi connectivity index (χ3v) is 4.54. The molecule has 5 nitrogen and oxygen atoms in total. The number of rotatable bonds is 8. The van der Waals surface area contributed by atoms with E-state index in [9.17, 15) is 4.79 Å². The zero-order chi connectivity index (χ0) is 19.1. The Morgan fingerprint density at radius 1 is 1.04 bits per heavy atom. The number of furan rings is 1. The molecule has 0 fully saturated rings. The number of ether oxygens (including phenoxy) is 1. The maximum atomic E-state index is 12.6. The van der Waals surface area contributed by atoms with Crippen molar-refractivity contribution in [2.24, 2.45) is 0 Å². The number of hydrogen-bond donors (Lipinski definition) is 2. The molecule has 0 aliphatic rings. The van der Waals surface area contributed by atoms with Crippen LogP contribution in [0.3, 0.4) is 0 Å². The zero-order valence-electron chi connectivity index (χ0n) is 15.6. The molecule has 0 aliphatic carbocycles. The van der Waals surface area contributed by atoms with Gasteiger partial charge in [0.2, 0.25) is 0 Å². The molecule has 0 unspecified atom stereocenters. The van der Waals surface area contributed by atoms with Gasteiger partial charge in [-0.05, 0) is 42.3 Å². The maximum Gasteiger partial charge on any atom is 0.275 e. The fourth-order valence-electron chi connectivity index (χ4n) is 2.97. The summed E-state index contributed by atoms with van der Waals surface area (Å²) in [6, 6.07) is 21.4. The highest BCUT2D eigenvalue weighted by Gasteiger charge is 2.19. The van der Waals surface area contributed by atoms with Gasteiger partial charge in [0.25, 0.3) is 5.91 Å². The van der Waals surface area contributed by atoms with Gasteiger partial charge in [-0.1, -0.05) is 42.5 Å². The van der Waals surface area contributed by atoms with Crippen molar-refractivity contribution < 1.29 is 19.3 Å². The molecule has 0 bridgehead atoms. The molecule has 1 aromatic heterocycles. The van der Waals surface area contributed by atoms with Gasteiger partial charge in [0.1, 0.15) is 11.8 Å². The van der Waals surface area contributed by atoms with Crippen molar-refractivity contribution in [1.82, 2.24) is 5.32 Å². The van der Waals surface area contributed by atoms with Crippen molar-refractivity contribution in [1.29, 1.82) is 0 Å². The smallest absolute Gasteiger partial charge is 0.275 e. The van der Waals surface area contributed by atoms with E-state index < -0.39 is 0 Å². The Labute approximate surface area is 159 Å². The van der Waals surface area contributed by atoms with Crippen molar-refractivity contribution in [3.8, 4) is 5.75 Å². The SMILES string of the molecule is COc1ccc([C@H](NC(=O)C[NH2+][C@H](C)c2ccco2)c2ccccc2)cc1. The van der Waals surface area contributed by atoms with Crippen molar-refractivity contribution in [3.63, 3.8) is 0 Å². The number of quaternary nitrogens is 1. The Morgan fingerprint density at radius 3 is 2.37 bits per heavy atom. The van der Waals surface area contributed by atoms with Crippen molar-refractivity contribution in [3.05, 3.63) is 89.9 Å². The topological polar surface area (TPSA) is 68.1 Å². The number of carbonyl (C=O) groups is 1. The molecule has 0 radical (unpaired) electrons. The Hall–Kier alpha value is -3.05. The molecule has 0 spiro atoms. The van der Waals surface area contributed by atoms with E-state index in [2.05, 4.69) is 5.32 Å². The monoisotopic (exact) mass is 365 g/mol. The van der Waals surface area contributed by atoms with E-state index in [1.807, 2.05) is 79.0 Å². The van der Waals surface area contributed by atoms with Gasteiger partial charge in [0.15, 0.2) is 12.3 Å². The zero-order valence-corrected chi connectivity index (χ0v) is 15.6. The van der Waals surface area contributed by atoms with Crippen LogP contribution in [0.5, 0.6) is 5.75 Å². The predicted octanol–water partition coefficient (Wildman–Crippen LogP) is 2.82. The summed E-state index contributed by atoms with van der Waals surface area (Å²) >= 11 is 0. The van der Waals surface area contributed by atoms with Gasteiger partial charge >= 0.3 is 0 Å². The number of nitrogens with two attached hydrogens (primary N) is 1. The quantitative estimate of drug-likeness (QED) is 0.645. The van der Waals surface area contributed by atoms with E-state index in [1.165, 1.54) is 0 Å². The van der Waals surface area contributed by atoms with Crippen molar-refractivity contribution in [2.75, 3.05) is 13.7 Å². The largest absolute Gasteiger partial charge is 0.497 e. The number of amides is 1. The highest BCUT2D eigenvalue weighted by molar-refractivity contribution is 5.77. The Bertz CT molecular complexity index is 830. The van der Waals surface area contributed by atoms with Crippen LogP contribution >= 0.6 is 0 Å². The molecule has 1 amide bonds. The van der Waals surface area contributed by atoms with Crippen molar-refractivity contribution >= 4 is 5.91 Å². The van der Waals surface area contributed by atoms with Crippen LogP contribution in [0.1, 0.15) is 35.9 Å². The summed E-state index contributed by atoms with van der Waals surface area (Å²) in [5, 5.41) is 5.11. The first-order chi connectivity index (χ1) is 13.2. The van der Waals surface area contributed by atoms with E-state index in [0.717, 1.165) is 22.6 Å². The second-order valence-electron chi connectivity index (χ2n) is 6.43. The molecule has 140 valence electrons. The predicted molar refractivity (Wildman–Crippen MR) is 103 cm³/mol. The highest BCUT2D eigenvalue weighted by atomic mass is 16.5. The number of carbonyl (C=O) groups excluding carboxylic acids is 1. The van der Waals surface area contributed by atoms with Crippen LogP contribution in [0, 0.1) is 0 Å². The van der Waals surface area contributed by atoms with Crippen LogP contribution in [0.4, 0.5) is 0 Å². The summed E-state index contributed by atoms with van der Waals surface area (Å²) in [4.78, 5) is 12.6. The fourth-order valence-corrected chi connectivity index (χ4v) is 2.97. The molecule has 2 atom stereocenters. The van der Waals surface area contributed by atoms with Crippen LogP contribution in [0.15, 0.2) is 77.4 Å². The van der Waals surface area contributed by atoms with Gasteiger partial charge in [0, 0.05) is 0 Å². The second-order valence-corrected chi connectivity index (χ2v) is 6.43. The lowest BCUT2D eigenvalue weighted by atomic mass is 9.98. The number of hydrogen-bond acceptors (Lipinski definition) is 3. The lowest BCUT2D eigenvalue weighted by Gasteiger charge is -2.20. The molecule has 3 N–H and O–H groups in total. The first-order valence-corrected chi connectivity index (χ1v) is 9.02. The molecule has 3 aromatic rings. The van der Waals surface area contributed by atoms with Gasteiger partial charge in [-0.25, -0.2) is 0 Å². The number of methoxy groups -OCH3 is 1. The van der Waals surface area contributed by atoms with Gasteiger partial charge in [0.05, 0.1) is 19.4 Å². The van der Waals surface area contributed by atoms with Crippen LogP contribution in [-0.4, -0.2) is 19.6 Å². The minimum atomic E-state index is -0.211. The van der Waals surface area contributed by atoms with E-state index in [1.54, 1.807) is 13.4 Å². The van der Waals surface area contributed by atoms with E-state index in [-0.39, 0.29) is 18.0 Å². The fraction of sp³-hybridized carbons (Fsp3) is 0.227. The second kappa shape index (κ2) is 9.05. The number of nitrogens with one attached hydrogen (secondary N) is 1. The minimum Gasteiger partial charge on any atom is -0.497 e. The summed E-state index contributed by atoms with van der Waals surface area (Å²) in [7, 11) is 1.64. The maximum absolute atomic E-state index is 12.6. The molecule has 2 aromatic carbocycles. The standard InChI is InChI=1S/C22H24N2O3/c1-16(20-9-6-14-27-20)23-15-21(25)24-22(17-7-4-3-5-8-17)18-10-12-19(26-2)13-11-18/h3-14,16,22-23H,15H2,1-2H3,(H,24,25)/p+1/t16-,22-/m1/s1. The average Bonchev–Trinajstić information content (AvgIpc) is 3.26. The lowest BCUT2D eigenvalue weighted by molar-refractivity contribution is -0.684. The van der Waals surface area contributed by atoms with Crippen LogP contribution < -0.4 is 15.4 Å². The van der Waals surface area contributed by atoms with Gasteiger partial charge in [-0.3, -0.25) is 4.79 Å². The normalized spacial score (nSPS) is 13.0. The molecule has 0 aliphatic heterocycles. The molecule has 3 rings (SSSR count). The summed E-state index contributed by atoms with van der Waals surface area (Å²) in [6.07, 6.45) is 1.65. The lowest BCUT2D eigenvalue weighted by Crippen LogP contribution is -2.87. The van der Waals surface area contributed by atoms with Gasteiger partial charge in [-0.2, -0.15) is 0 Å². The molecule has 0 saturated heterocycles. The average molecular weight is 365 g/mol. The Morgan fingerprint density at radius 2 is 1.74 bits per heavy atom. The molecule has 1 heterocycles. The minimum absolute atomic E-state index is 0.0296. The summed E-state index contributed by atoms with van der Waals surface area (Å²) < 4.78 is 10.6. The third kappa shape index (κ3) is 4.99. The van der Waals surface area contributed by atoms with Crippen LogP contribution in [-0.2, 0) is 4.79 Å². The molecular weight excluding hydrogens is 340 g/mol. The summed E-state index contributed by atoms with van der Waals surface area (Å²) in [6.45, 7) is 2.34. The summed E-state index contributed by atoms with van der Waals surface area (Å²) in [5.74, 6) is 1.62. The van der Waals surface area contributed by atoms with Crippen LogP contribution in [0.2, 0.25) is 0 Å². The first kappa shape index (κ1) is 18.7. The molecule has 5 heteroatoms. The van der Waals surface area contributed by atoms with E-state index >= 15 is 0 Å². The third-order valence-electron chi connectivity index (χ3n) is 4.54. The van der Waals surface area contributed by atoms with E-state index in [0.29, 0.717) is 6.54 Å². The highest BCUT2D eigenvalue weighted by Crippen LogP contribution is 2.24. The van der Waals surface area contributed by atoms with Gasteiger partial charge in [-0.15, -0.1) is 0 Å². The molecular formula is C22H25N2O3+. The first-order valence-electron chi connectivity index (χ1n) is 9.02. The van der Waals surface area contributed by atoms with Gasteiger partial charge < -0.3 is 19.8 Å². The Balaban J connectivity index is 1.70. The number of benzene rings is 2. The van der Waals surface area contributed by atoms with Crippen molar-refractivity contribution in [2.45, 2.75) is 19.0 Å². The van der Waals surface area contributed by atoms with Crippen LogP contribution in [0.25, 0.3) is 0 Å². The molecule has 27 heavy (non-hydrogen) atoms. The Kier molecular flexibility index (Phi) is 6.28. The molecule has 0 saturated carbocycles.